The summed E-state index contributed by atoms with van der Waals surface area (Å²) in [4.78, 5) is 38.4. The second-order valence-corrected chi connectivity index (χ2v) is 8.70. The number of aromatic nitrogens is 1. The number of carbonyl (C=O) groups excluding carboxylic acids is 2. The number of halogens is 1. The Kier molecular flexibility index (Phi) is 10.0. The molecular weight excluding hydrogens is 462 g/mol. The molecule has 0 saturated heterocycles. The Balaban J connectivity index is 0.000000357. The van der Waals surface area contributed by atoms with Gasteiger partial charge < -0.3 is 15.7 Å². The summed E-state index contributed by atoms with van der Waals surface area (Å²) < 4.78 is 0. The largest absolute Gasteiger partial charge is 0.480 e. The smallest absolute Gasteiger partial charge is 0.326 e. The van der Waals surface area contributed by atoms with Crippen LogP contribution in [0.1, 0.15) is 38.3 Å². The van der Waals surface area contributed by atoms with E-state index in [1.54, 1.807) is 24.3 Å². The molecule has 0 aliphatic heterocycles. The molecule has 2 aromatic carbocycles. The summed E-state index contributed by atoms with van der Waals surface area (Å²) >= 11 is 7.06. The van der Waals surface area contributed by atoms with Gasteiger partial charge in [0.2, 0.25) is 6.41 Å². The molecule has 0 aliphatic rings. The van der Waals surface area contributed by atoms with Crippen LogP contribution in [0.25, 0.3) is 0 Å². The first-order valence-electron chi connectivity index (χ1n) is 10.2. The highest BCUT2D eigenvalue weighted by molar-refractivity contribution is 7.13. The van der Waals surface area contributed by atoms with Crippen molar-refractivity contribution in [2.75, 3.05) is 5.32 Å². The maximum Gasteiger partial charge on any atom is 0.326 e. The number of nitrogens with one attached hydrogen (secondary N) is 2. The molecule has 0 fully saturated rings. The molecule has 1 aromatic heterocycles. The van der Waals surface area contributed by atoms with Gasteiger partial charge in [-0.2, -0.15) is 0 Å². The minimum atomic E-state index is -1.11. The molecule has 1 heterocycles. The molecule has 174 valence electrons. The molecule has 0 radical (unpaired) electrons. The number of carboxylic acid groups (broad SMARTS) is 1. The Morgan fingerprint density at radius 1 is 1.18 bits per heavy atom. The Morgan fingerprint density at radius 3 is 2.39 bits per heavy atom. The van der Waals surface area contributed by atoms with Crippen LogP contribution in [-0.2, 0) is 22.4 Å². The number of hydrogen-bond acceptors (Lipinski definition) is 5. The van der Waals surface area contributed by atoms with Crippen molar-refractivity contribution in [3.63, 3.8) is 0 Å². The second kappa shape index (κ2) is 12.7. The summed E-state index contributed by atoms with van der Waals surface area (Å²) in [6.07, 6.45) is 2.88. The third-order valence-corrected chi connectivity index (χ3v) is 6.39. The lowest BCUT2D eigenvalue weighted by atomic mass is 10.1. The number of carbonyl (C=O) groups is 3. The fourth-order valence-electron chi connectivity index (χ4n) is 2.76. The molecule has 0 bridgehead atoms. The van der Waals surface area contributed by atoms with Gasteiger partial charge in [-0.25, -0.2) is 9.78 Å². The molecule has 9 heteroatoms. The van der Waals surface area contributed by atoms with E-state index >= 15 is 0 Å². The van der Waals surface area contributed by atoms with Crippen molar-refractivity contribution < 1.29 is 19.5 Å². The third kappa shape index (κ3) is 8.00. The quantitative estimate of drug-likeness (QED) is 0.400. The standard InChI is InChI=1S/C16H17N3O4S.C8H9Cl/c1-2-14-17-8-13(24-14)15(21)19-12(16(22)23)7-10-3-5-11(6-4-10)18-9-20;1-6-4-3-5-8(9)7(6)2/h3-6,8-9,12H,2,7H2,1H3,(H,18,20)(H,19,21)(H,22,23);3-5H,1-2H3. The van der Waals surface area contributed by atoms with Crippen molar-refractivity contribution in [2.24, 2.45) is 0 Å². The van der Waals surface area contributed by atoms with Crippen molar-refractivity contribution in [1.29, 1.82) is 0 Å². The average molecular weight is 488 g/mol. The lowest BCUT2D eigenvalue weighted by Gasteiger charge is -2.14. The van der Waals surface area contributed by atoms with Crippen LogP contribution in [0.3, 0.4) is 0 Å². The fraction of sp³-hybridized carbons (Fsp3) is 0.250. The van der Waals surface area contributed by atoms with Gasteiger partial charge in [0.15, 0.2) is 0 Å². The molecule has 33 heavy (non-hydrogen) atoms. The minimum Gasteiger partial charge on any atom is -0.480 e. The number of rotatable bonds is 8. The van der Waals surface area contributed by atoms with E-state index in [2.05, 4.69) is 28.6 Å². The first kappa shape index (κ1) is 26.0. The lowest BCUT2D eigenvalue weighted by molar-refractivity contribution is -0.139. The van der Waals surface area contributed by atoms with Crippen molar-refractivity contribution in [1.82, 2.24) is 10.3 Å². The van der Waals surface area contributed by atoms with Crippen molar-refractivity contribution >= 4 is 46.9 Å². The summed E-state index contributed by atoms with van der Waals surface area (Å²) in [5, 5.41) is 16.0. The van der Waals surface area contributed by atoms with E-state index in [4.69, 9.17) is 11.6 Å². The molecule has 1 unspecified atom stereocenters. The van der Waals surface area contributed by atoms with Crippen LogP contribution in [0.4, 0.5) is 5.69 Å². The number of benzene rings is 2. The highest BCUT2D eigenvalue weighted by Gasteiger charge is 2.22. The van der Waals surface area contributed by atoms with E-state index in [9.17, 15) is 19.5 Å². The van der Waals surface area contributed by atoms with E-state index in [1.165, 1.54) is 28.7 Å². The molecule has 2 amide bonds. The minimum absolute atomic E-state index is 0.141. The molecule has 0 spiro atoms. The number of carboxylic acids is 1. The summed E-state index contributed by atoms with van der Waals surface area (Å²) in [6.45, 7) is 6.02. The normalized spacial score (nSPS) is 11.0. The molecule has 0 aliphatic carbocycles. The number of nitrogens with zero attached hydrogens (tertiary/aromatic N) is 1. The predicted octanol–water partition coefficient (Wildman–Crippen LogP) is 4.66. The molecule has 3 rings (SSSR count). The van der Waals surface area contributed by atoms with Crippen molar-refractivity contribution in [2.45, 2.75) is 39.7 Å². The van der Waals surface area contributed by atoms with Crippen molar-refractivity contribution in [3.05, 3.63) is 80.3 Å². The lowest BCUT2D eigenvalue weighted by Crippen LogP contribution is -2.42. The number of aryl methyl sites for hydroxylation is 2. The monoisotopic (exact) mass is 487 g/mol. The van der Waals surface area contributed by atoms with Gasteiger partial charge in [-0.15, -0.1) is 11.3 Å². The molecule has 3 aromatic rings. The van der Waals surface area contributed by atoms with Gasteiger partial charge in [0.25, 0.3) is 5.91 Å². The number of anilines is 1. The van der Waals surface area contributed by atoms with E-state index < -0.39 is 17.9 Å². The predicted molar refractivity (Wildman–Crippen MR) is 131 cm³/mol. The topological polar surface area (TPSA) is 108 Å². The van der Waals surface area contributed by atoms with Gasteiger partial charge in [-0.3, -0.25) is 9.59 Å². The van der Waals surface area contributed by atoms with Gasteiger partial charge in [0.05, 0.1) is 11.2 Å². The maximum absolute atomic E-state index is 12.2. The summed E-state index contributed by atoms with van der Waals surface area (Å²) in [7, 11) is 0. The summed E-state index contributed by atoms with van der Waals surface area (Å²) in [5.41, 5.74) is 3.78. The van der Waals surface area contributed by atoms with E-state index in [0.717, 1.165) is 22.0 Å². The zero-order valence-corrected chi connectivity index (χ0v) is 20.2. The number of amides is 2. The fourth-order valence-corrected chi connectivity index (χ4v) is 3.75. The van der Waals surface area contributed by atoms with Crippen LogP contribution in [-0.4, -0.2) is 34.4 Å². The van der Waals surface area contributed by atoms with Crippen LogP contribution in [0.5, 0.6) is 0 Å². The Hall–Kier alpha value is -3.23. The molecular formula is C24H26ClN3O4S. The van der Waals surface area contributed by atoms with E-state index in [0.29, 0.717) is 17.0 Å². The zero-order chi connectivity index (χ0) is 24.4. The van der Waals surface area contributed by atoms with Gasteiger partial charge in [-0.1, -0.05) is 42.8 Å². The van der Waals surface area contributed by atoms with E-state index in [-0.39, 0.29) is 6.42 Å². The van der Waals surface area contributed by atoms with Gasteiger partial charge in [0, 0.05) is 17.1 Å². The Labute approximate surface area is 201 Å². The number of aliphatic carboxylic acids is 1. The van der Waals surface area contributed by atoms with Crippen LogP contribution in [0.2, 0.25) is 5.02 Å². The number of thiazole rings is 1. The average Bonchev–Trinajstić information content (AvgIpc) is 3.28. The van der Waals surface area contributed by atoms with Gasteiger partial charge in [0.1, 0.15) is 10.9 Å². The van der Waals surface area contributed by atoms with E-state index in [1.807, 2.05) is 26.0 Å². The maximum atomic E-state index is 12.2. The van der Waals surface area contributed by atoms with Gasteiger partial charge >= 0.3 is 5.97 Å². The molecule has 7 nitrogen and oxygen atoms in total. The molecule has 0 saturated carbocycles. The number of hydrogen-bond donors (Lipinski definition) is 3. The SMILES string of the molecule is CCc1ncc(C(=O)NC(Cc2ccc(NC=O)cc2)C(=O)O)s1.Cc1cccc(Cl)c1C. The van der Waals surface area contributed by atoms with Gasteiger partial charge in [-0.05, 0) is 55.2 Å². The van der Waals surface area contributed by atoms with Crippen LogP contribution < -0.4 is 10.6 Å². The second-order valence-electron chi connectivity index (χ2n) is 7.18. The Morgan fingerprint density at radius 2 is 1.88 bits per heavy atom. The van der Waals surface area contributed by atoms with Crippen LogP contribution in [0, 0.1) is 13.8 Å². The molecule has 1 atom stereocenters. The highest BCUT2D eigenvalue weighted by atomic mass is 35.5. The molecule has 3 N–H and O–H groups in total. The summed E-state index contributed by atoms with van der Waals surface area (Å²) in [6, 6.07) is 11.6. The van der Waals surface area contributed by atoms with Crippen molar-refractivity contribution in [3.8, 4) is 0 Å². The first-order valence-corrected chi connectivity index (χ1v) is 11.4. The highest BCUT2D eigenvalue weighted by Crippen LogP contribution is 2.17. The first-order chi connectivity index (χ1) is 15.7. The van der Waals surface area contributed by atoms with Crippen LogP contribution in [0.15, 0.2) is 48.7 Å². The van der Waals surface area contributed by atoms with Crippen LogP contribution >= 0.6 is 22.9 Å². The third-order valence-electron chi connectivity index (χ3n) is 4.84. The Bertz CT molecular complexity index is 1080. The summed E-state index contributed by atoms with van der Waals surface area (Å²) in [5.74, 6) is -1.56. The zero-order valence-electron chi connectivity index (χ0n) is 18.6.